The maximum absolute atomic E-state index is 11.9. The molecule has 0 spiro atoms. The number of alkyl halides is 3. The van der Waals surface area contributed by atoms with Gasteiger partial charge in [0.1, 0.15) is 17.8 Å². The van der Waals surface area contributed by atoms with E-state index >= 15 is 0 Å². The lowest BCUT2D eigenvalue weighted by Crippen LogP contribution is -2.35. The number of carbonyl (C=O) groups excluding carboxylic acids is 1. The summed E-state index contributed by atoms with van der Waals surface area (Å²) in [4.78, 5) is 14.6. The summed E-state index contributed by atoms with van der Waals surface area (Å²) in [5, 5.41) is 2.09. The van der Waals surface area contributed by atoms with Crippen molar-refractivity contribution in [3.05, 3.63) is 0 Å². The standard InChI is InChI=1S/C7H9F3N2O/c1-6(2)5(13)11-4(12-6)3-7(8,9)10/h3H2,1-2H3,(H,11,12,13). The number of nitrogens with zero attached hydrogens (tertiary/aromatic N) is 1. The molecule has 0 saturated heterocycles. The van der Waals surface area contributed by atoms with Gasteiger partial charge in [0.05, 0.1) is 0 Å². The molecule has 0 aromatic carbocycles. The Labute approximate surface area is 73.0 Å². The van der Waals surface area contributed by atoms with Crippen LogP contribution in [0, 0.1) is 0 Å². The monoisotopic (exact) mass is 194 g/mol. The molecule has 1 heterocycles. The third-order valence-electron chi connectivity index (χ3n) is 1.60. The summed E-state index contributed by atoms with van der Waals surface area (Å²) in [6.07, 6.45) is -5.51. The van der Waals surface area contributed by atoms with Crippen molar-refractivity contribution in [3.8, 4) is 0 Å². The van der Waals surface area contributed by atoms with E-state index in [1.54, 1.807) is 0 Å². The quantitative estimate of drug-likeness (QED) is 0.670. The third kappa shape index (κ3) is 2.43. The molecule has 1 aliphatic heterocycles. The van der Waals surface area contributed by atoms with Crippen LogP contribution in [0.2, 0.25) is 0 Å². The van der Waals surface area contributed by atoms with Crippen molar-refractivity contribution in [2.75, 3.05) is 0 Å². The Hall–Kier alpha value is -1.07. The molecule has 0 aromatic heterocycles. The van der Waals surface area contributed by atoms with Gasteiger partial charge in [0.15, 0.2) is 0 Å². The van der Waals surface area contributed by atoms with Gasteiger partial charge < -0.3 is 5.32 Å². The van der Waals surface area contributed by atoms with Gasteiger partial charge in [-0.1, -0.05) is 0 Å². The van der Waals surface area contributed by atoms with Gasteiger partial charge in [-0.2, -0.15) is 13.2 Å². The zero-order chi connectivity index (χ0) is 10.3. The highest BCUT2D eigenvalue weighted by Crippen LogP contribution is 2.23. The molecule has 74 valence electrons. The number of carbonyl (C=O) groups is 1. The van der Waals surface area contributed by atoms with Crippen LogP contribution in [0.25, 0.3) is 0 Å². The minimum absolute atomic E-state index is 0.303. The van der Waals surface area contributed by atoms with Crippen LogP contribution in [0.4, 0.5) is 13.2 Å². The number of nitrogens with one attached hydrogen (secondary N) is 1. The van der Waals surface area contributed by atoms with E-state index < -0.39 is 24.0 Å². The van der Waals surface area contributed by atoms with Gasteiger partial charge in [0.25, 0.3) is 5.91 Å². The van der Waals surface area contributed by atoms with Gasteiger partial charge >= 0.3 is 6.18 Å². The zero-order valence-corrected chi connectivity index (χ0v) is 7.20. The van der Waals surface area contributed by atoms with Crippen molar-refractivity contribution in [3.63, 3.8) is 0 Å². The summed E-state index contributed by atoms with van der Waals surface area (Å²) in [7, 11) is 0. The highest BCUT2D eigenvalue weighted by atomic mass is 19.4. The van der Waals surface area contributed by atoms with Crippen LogP contribution in [0.15, 0.2) is 4.99 Å². The molecule has 1 amide bonds. The van der Waals surface area contributed by atoms with Crippen molar-refractivity contribution in [2.45, 2.75) is 32.0 Å². The first-order chi connectivity index (χ1) is 5.71. The van der Waals surface area contributed by atoms with Gasteiger partial charge in [0, 0.05) is 0 Å². The number of amides is 1. The van der Waals surface area contributed by atoms with E-state index in [4.69, 9.17) is 0 Å². The van der Waals surface area contributed by atoms with Crippen LogP contribution < -0.4 is 5.32 Å². The Kier molecular flexibility index (Phi) is 2.09. The minimum Gasteiger partial charge on any atom is -0.312 e. The van der Waals surface area contributed by atoms with E-state index in [0.29, 0.717) is 0 Å². The van der Waals surface area contributed by atoms with Gasteiger partial charge in [-0.25, -0.2) is 0 Å². The number of hydrogen-bond acceptors (Lipinski definition) is 2. The number of rotatable bonds is 1. The highest BCUT2D eigenvalue weighted by molar-refractivity contribution is 6.07. The molecular formula is C7H9F3N2O. The van der Waals surface area contributed by atoms with Gasteiger partial charge in [-0.15, -0.1) is 0 Å². The van der Waals surface area contributed by atoms with E-state index in [-0.39, 0.29) is 5.84 Å². The molecule has 0 atom stereocenters. The molecule has 0 aromatic rings. The summed E-state index contributed by atoms with van der Waals surface area (Å²) in [6.45, 7) is 2.93. The first-order valence-corrected chi connectivity index (χ1v) is 3.68. The summed E-state index contributed by atoms with van der Waals surface area (Å²) in [5.41, 5.74) is -1.07. The molecule has 0 aliphatic carbocycles. The fraction of sp³-hybridized carbons (Fsp3) is 0.714. The van der Waals surface area contributed by atoms with E-state index in [9.17, 15) is 18.0 Å². The SMILES string of the molecule is CC1(C)N=C(CC(F)(F)F)NC1=O. The maximum atomic E-state index is 11.9. The van der Waals surface area contributed by atoms with Gasteiger partial charge in [-0.05, 0) is 13.8 Å². The second kappa shape index (κ2) is 2.71. The van der Waals surface area contributed by atoms with Crippen LogP contribution in [0.1, 0.15) is 20.3 Å². The van der Waals surface area contributed by atoms with Crippen molar-refractivity contribution < 1.29 is 18.0 Å². The Bertz CT molecular complexity index is 267. The van der Waals surface area contributed by atoms with Crippen molar-refractivity contribution in [2.24, 2.45) is 4.99 Å². The fourth-order valence-electron chi connectivity index (χ4n) is 0.974. The van der Waals surface area contributed by atoms with Gasteiger partial charge in [0.2, 0.25) is 0 Å². The molecule has 0 bridgehead atoms. The predicted molar refractivity (Wildman–Crippen MR) is 40.3 cm³/mol. The summed E-state index contributed by atoms with van der Waals surface area (Å²) >= 11 is 0. The molecule has 0 unspecified atom stereocenters. The molecule has 1 N–H and O–H groups in total. The van der Waals surface area contributed by atoms with E-state index in [2.05, 4.69) is 10.3 Å². The number of aliphatic imine (C=N–C) groups is 1. The number of hydrogen-bond donors (Lipinski definition) is 1. The number of halogens is 3. The molecule has 3 nitrogen and oxygen atoms in total. The number of amidine groups is 1. The molecule has 13 heavy (non-hydrogen) atoms. The Balaban J connectivity index is 2.72. The van der Waals surface area contributed by atoms with E-state index in [1.165, 1.54) is 13.8 Å². The predicted octanol–water partition coefficient (Wildman–Crippen LogP) is 1.25. The van der Waals surface area contributed by atoms with Crippen molar-refractivity contribution >= 4 is 11.7 Å². The largest absolute Gasteiger partial charge is 0.396 e. The molecule has 1 aliphatic rings. The van der Waals surface area contributed by atoms with Crippen LogP contribution >= 0.6 is 0 Å². The molecular weight excluding hydrogens is 185 g/mol. The minimum atomic E-state index is -4.33. The molecule has 1 rings (SSSR count). The summed E-state index contributed by atoms with van der Waals surface area (Å²) < 4.78 is 35.6. The third-order valence-corrected chi connectivity index (χ3v) is 1.60. The van der Waals surface area contributed by atoms with E-state index in [0.717, 1.165) is 0 Å². The molecule has 0 radical (unpaired) electrons. The highest BCUT2D eigenvalue weighted by Gasteiger charge is 2.39. The van der Waals surface area contributed by atoms with Crippen molar-refractivity contribution in [1.82, 2.24) is 5.32 Å². The summed E-state index contributed by atoms with van der Waals surface area (Å²) in [6, 6.07) is 0. The second-order valence-electron chi connectivity index (χ2n) is 3.36. The first kappa shape index (κ1) is 10.0. The average molecular weight is 194 g/mol. The molecule has 0 fully saturated rings. The van der Waals surface area contributed by atoms with Gasteiger partial charge in [-0.3, -0.25) is 9.79 Å². The Morgan fingerprint density at radius 1 is 1.46 bits per heavy atom. The lowest BCUT2D eigenvalue weighted by atomic mass is 10.1. The topological polar surface area (TPSA) is 41.5 Å². The lowest BCUT2D eigenvalue weighted by molar-refractivity contribution is -0.123. The molecule has 6 heteroatoms. The maximum Gasteiger partial charge on any atom is 0.396 e. The smallest absolute Gasteiger partial charge is 0.312 e. The van der Waals surface area contributed by atoms with Crippen LogP contribution in [-0.4, -0.2) is 23.5 Å². The Morgan fingerprint density at radius 2 is 2.00 bits per heavy atom. The zero-order valence-electron chi connectivity index (χ0n) is 7.20. The first-order valence-electron chi connectivity index (χ1n) is 3.68. The van der Waals surface area contributed by atoms with E-state index in [1.807, 2.05) is 0 Å². The second-order valence-corrected chi connectivity index (χ2v) is 3.36. The Morgan fingerprint density at radius 3 is 2.31 bits per heavy atom. The van der Waals surface area contributed by atoms with Crippen LogP contribution in [0.5, 0.6) is 0 Å². The fourth-order valence-corrected chi connectivity index (χ4v) is 0.974. The lowest BCUT2D eigenvalue weighted by Gasteiger charge is -2.07. The average Bonchev–Trinajstić information content (AvgIpc) is 2.01. The van der Waals surface area contributed by atoms with Crippen LogP contribution in [0.3, 0.4) is 0 Å². The molecule has 0 saturated carbocycles. The van der Waals surface area contributed by atoms with Crippen LogP contribution in [-0.2, 0) is 4.79 Å². The van der Waals surface area contributed by atoms with Crippen molar-refractivity contribution in [1.29, 1.82) is 0 Å². The summed E-state index contributed by atoms with van der Waals surface area (Å²) in [5.74, 6) is -0.797. The normalized spacial score (nSPS) is 21.3.